The van der Waals surface area contributed by atoms with Crippen molar-refractivity contribution in [2.45, 2.75) is 52.4 Å². The van der Waals surface area contributed by atoms with Crippen molar-refractivity contribution in [3.63, 3.8) is 0 Å². The molecule has 0 saturated carbocycles. The summed E-state index contributed by atoms with van der Waals surface area (Å²) in [5.74, 6) is 0. The Morgan fingerprint density at radius 1 is 1.17 bits per heavy atom. The van der Waals surface area contributed by atoms with Gasteiger partial charge in [0.1, 0.15) is 0 Å². The summed E-state index contributed by atoms with van der Waals surface area (Å²) in [5, 5.41) is 20.4. The summed E-state index contributed by atoms with van der Waals surface area (Å²) in [7, 11) is -3.52. The van der Waals surface area contributed by atoms with E-state index in [0.29, 0.717) is 0 Å². The maximum Gasteiger partial charge on any atom is 0.346 e. The van der Waals surface area contributed by atoms with Gasteiger partial charge in [-0.1, -0.05) is 0 Å². The van der Waals surface area contributed by atoms with Crippen LogP contribution in [0, 0.1) is 22.7 Å². The van der Waals surface area contributed by atoms with Gasteiger partial charge in [-0.25, -0.2) is 0 Å². The molecule has 0 amide bonds. The zero-order valence-corrected chi connectivity index (χ0v) is 12.3. The van der Waals surface area contributed by atoms with E-state index >= 15 is 0 Å². The summed E-state index contributed by atoms with van der Waals surface area (Å²) < 4.78 is 22.6. The predicted octanol–water partition coefficient (Wildman–Crippen LogP) is 2.38. The van der Waals surface area contributed by atoms with E-state index in [1.807, 2.05) is 32.9 Å². The topological polar surface area (TPSA) is 95.1 Å². The highest BCUT2D eigenvalue weighted by molar-refractivity contribution is 7.53. The first-order valence-corrected chi connectivity index (χ1v) is 7.35. The van der Waals surface area contributed by atoms with Crippen molar-refractivity contribution in [1.29, 1.82) is 10.5 Å². The van der Waals surface area contributed by atoms with E-state index in [4.69, 9.17) is 19.6 Å². The van der Waals surface area contributed by atoms with Gasteiger partial charge >= 0.3 is 7.60 Å². The minimum Gasteiger partial charge on any atom is -0.301 e. The zero-order chi connectivity index (χ0) is 14.4. The van der Waals surface area contributed by atoms with Gasteiger partial charge in [-0.15, -0.1) is 0 Å². The van der Waals surface area contributed by atoms with Crippen LogP contribution in [0.5, 0.6) is 0 Å². The molecule has 0 aliphatic rings. The van der Waals surface area contributed by atoms with E-state index < -0.39 is 19.8 Å². The Labute approximate surface area is 108 Å². The molecule has 2 unspecified atom stereocenters. The second-order valence-electron chi connectivity index (χ2n) is 4.95. The Kier molecular flexibility index (Phi) is 6.52. The lowest BCUT2D eigenvalue weighted by Crippen LogP contribution is -2.37. The molecule has 0 radical (unpaired) electrons. The summed E-state index contributed by atoms with van der Waals surface area (Å²) in [4.78, 5) is 0. The van der Waals surface area contributed by atoms with E-state index in [1.54, 1.807) is 0 Å². The molecule has 7 heteroatoms. The molecule has 0 aromatic carbocycles. The van der Waals surface area contributed by atoms with Crippen molar-refractivity contribution in [2.75, 3.05) is 6.29 Å². The van der Waals surface area contributed by atoms with Crippen molar-refractivity contribution in [3.8, 4) is 12.1 Å². The summed E-state index contributed by atoms with van der Waals surface area (Å²) in [6, 6.07) is 3.65. The third-order valence-corrected chi connectivity index (χ3v) is 3.62. The molecule has 102 valence electrons. The van der Waals surface area contributed by atoms with E-state index in [0.717, 1.165) is 0 Å². The third-order valence-electron chi connectivity index (χ3n) is 1.80. The van der Waals surface area contributed by atoms with Gasteiger partial charge in [0, 0.05) is 5.54 Å². The molecule has 0 spiro atoms. The molecule has 0 bridgehead atoms. The van der Waals surface area contributed by atoms with Crippen molar-refractivity contribution in [1.82, 2.24) is 5.32 Å². The number of nitriles is 2. The summed E-state index contributed by atoms with van der Waals surface area (Å²) >= 11 is 0. The predicted molar refractivity (Wildman–Crippen MR) is 67.7 cm³/mol. The monoisotopic (exact) mass is 273 g/mol. The first-order valence-electron chi connectivity index (χ1n) is 5.62. The quantitative estimate of drug-likeness (QED) is 0.746. The molecule has 0 rings (SSSR count). The Bertz CT molecular complexity index is 366. The molecule has 2 atom stereocenters. The van der Waals surface area contributed by atoms with Gasteiger partial charge < -0.3 is 5.32 Å². The number of nitrogens with zero attached hydrogens (tertiary/aromatic N) is 2. The molecule has 1 N–H and O–H groups in total. The maximum absolute atomic E-state index is 12.4. The zero-order valence-electron chi connectivity index (χ0n) is 11.4. The van der Waals surface area contributed by atoms with Gasteiger partial charge in [0.15, 0.2) is 12.2 Å². The second-order valence-corrected chi connectivity index (χ2v) is 6.91. The maximum atomic E-state index is 12.4. The Hall–Kier alpha value is -0.910. The summed E-state index contributed by atoms with van der Waals surface area (Å²) in [5.41, 5.74) is -0.270. The Balaban J connectivity index is 4.77. The molecule has 0 fully saturated rings. The summed E-state index contributed by atoms with van der Waals surface area (Å²) in [6.45, 7) is 8.66. The van der Waals surface area contributed by atoms with Crippen LogP contribution in [0.3, 0.4) is 0 Å². The average molecular weight is 273 g/mol. The van der Waals surface area contributed by atoms with Crippen LogP contribution in [0.4, 0.5) is 0 Å². The van der Waals surface area contributed by atoms with Crippen LogP contribution in [0.25, 0.3) is 0 Å². The van der Waals surface area contributed by atoms with Crippen molar-refractivity contribution >= 4 is 7.60 Å². The highest BCUT2D eigenvalue weighted by atomic mass is 31.2. The minimum atomic E-state index is -3.52. The van der Waals surface area contributed by atoms with E-state index in [9.17, 15) is 4.57 Å². The molecule has 0 aliphatic heterocycles. The van der Waals surface area contributed by atoms with Crippen LogP contribution in [0.15, 0.2) is 0 Å². The molecule has 0 saturated heterocycles. The lowest BCUT2D eigenvalue weighted by molar-refractivity contribution is 0.165. The molecular formula is C11H20N3O3P. The van der Waals surface area contributed by atoms with Crippen LogP contribution < -0.4 is 5.32 Å². The number of rotatable bonds is 6. The van der Waals surface area contributed by atoms with Crippen molar-refractivity contribution in [2.24, 2.45) is 0 Å². The fourth-order valence-electron chi connectivity index (χ4n) is 0.962. The van der Waals surface area contributed by atoms with E-state index in [2.05, 4.69) is 5.32 Å². The highest BCUT2D eigenvalue weighted by Crippen LogP contribution is 2.49. The Morgan fingerprint density at radius 3 is 1.83 bits per heavy atom. The van der Waals surface area contributed by atoms with Crippen LogP contribution in [-0.2, 0) is 13.6 Å². The van der Waals surface area contributed by atoms with Crippen molar-refractivity contribution in [3.05, 3.63) is 0 Å². The van der Waals surface area contributed by atoms with Crippen molar-refractivity contribution < 1.29 is 13.6 Å². The van der Waals surface area contributed by atoms with Gasteiger partial charge in [0.05, 0.1) is 18.4 Å². The molecular weight excluding hydrogens is 253 g/mol. The largest absolute Gasteiger partial charge is 0.346 e. The molecule has 6 nitrogen and oxygen atoms in total. The summed E-state index contributed by atoms with van der Waals surface area (Å²) in [6.07, 6.45) is -1.76. The first kappa shape index (κ1) is 17.1. The van der Waals surface area contributed by atoms with Crippen LogP contribution >= 0.6 is 7.60 Å². The van der Waals surface area contributed by atoms with E-state index in [1.165, 1.54) is 13.8 Å². The highest BCUT2D eigenvalue weighted by Gasteiger charge is 2.31. The van der Waals surface area contributed by atoms with Crippen LogP contribution in [-0.4, -0.2) is 24.0 Å². The van der Waals surface area contributed by atoms with Gasteiger partial charge in [0.25, 0.3) is 0 Å². The van der Waals surface area contributed by atoms with Gasteiger partial charge in [-0.3, -0.25) is 13.6 Å². The van der Waals surface area contributed by atoms with Crippen LogP contribution in [0.2, 0.25) is 0 Å². The molecule has 0 aromatic heterocycles. The lowest BCUT2D eigenvalue weighted by Gasteiger charge is -2.26. The number of nitrogens with one attached hydrogen (secondary N) is 1. The molecule has 0 aliphatic carbocycles. The molecule has 0 aromatic rings. The van der Waals surface area contributed by atoms with Gasteiger partial charge in [-0.2, -0.15) is 10.5 Å². The first-order chi connectivity index (χ1) is 8.12. The number of hydrogen-bond donors (Lipinski definition) is 1. The standard InChI is InChI=1S/C11H20N3O3P/c1-9(6-12)16-18(15,17-10(2)7-13)8-14-11(3,4)5/h9-10,14H,8H2,1-5H3. The lowest BCUT2D eigenvalue weighted by atomic mass is 10.1. The number of hydrogen-bond acceptors (Lipinski definition) is 6. The molecule has 18 heavy (non-hydrogen) atoms. The minimum absolute atomic E-state index is 0.0471. The Morgan fingerprint density at radius 2 is 1.56 bits per heavy atom. The van der Waals surface area contributed by atoms with Gasteiger partial charge in [0.2, 0.25) is 0 Å². The smallest absolute Gasteiger partial charge is 0.301 e. The van der Waals surface area contributed by atoms with Crippen LogP contribution in [0.1, 0.15) is 34.6 Å². The second kappa shape index (κ2) is 6.87. The normalized spacial score (nSPS) is 18.2. The SMILES string of the molecule is CC(C#N)OP(=O)(CNC(C)(C)C)OC(C)C#N. The van der Waals surface area contributed by atoms with Gasteiger partial charge in [-0.05, 0) is 34.6 Å². The fraction of sp³-hybridized carbons (Fsp3) is 0.818. The van der Waals surface area contributed by atoms with E-state index in [-0.39, 0.29) is 11.8 Å². The molecule has 0 heterocycles. The third kappa shape index (κ3) is 7.42. The fourth-order valence-corrected chi connectivity index (χ4v) is 2.89. The average Bonchev–Trinajstić information content (AvgIpc) is 2.25.